The summed E-state index contributed by atoms with van der Waals surface area (Å²) < 4.78 is 60.1. The van der Waals surface area contributed by atoms with Crippen molar-refractivity contribution >= 4 is 47.8 Å². The maximum atomic E-state index is 14.3. The quantitative estimate of drug-likeness (QED) is 0.293. The number of pyridine rings is 1. The van der Waals surface area contributed by atoms with Gasteiger partial charge in [-0.15, -0.1) is 0 Å². The summed E-state index contributed by atoms with van der Waals surface area (Å²) in [7, 11) is 0. The molecule has 0 amide bonds. The molecule has 1 N–H and O–H groups in total. The van der Waals surface area contributed by atoms with Crippen molar-refractivity contribution in [3.8, 4) is 0 Å². The summed E-state index contributed by atoms with van der Waals surface area (Å²) >= 11 is 0. The van der Waals surface area contributed by atoms with Gasteiger partial charge in [-0.1, -0.05) is 6.92 Å². The highest BCUT2D eigenvalue weighted by Gasteiger charge is 2.92. The van der Waals surface area contributed by atoms with E-state index in [4.69, 9.17) is 47.0 Å². The highest BCUT2D eigenvalue weighted by molar-refractivity contribution is 5.91. The summed E-state index contributed by atoms with van der Waals surface area (Å²) in [5.74, 6) is -10.8. The Labute approximate surface area is 348 Å². The SMILES string of the molecule is CC(=O)OC[C@]12[C@H](OC(C)=O)[C@H](OC(C)=O)[C@@H]3[C@@H](OC(C)=O)[C@@]14O[C@@]3(C)COC(=O)c1cccnc1CCC(C)C(=O)O[C@@H]([C@H](OC(=O)c1ccoc1)[C@@H]2OC(C)=O)[C@]4(C)O. The molecule has 4 bridgehead atoms. The molecule has 3 fully saturated rings. The number of aromatic nitrogens is 1. The largest absolute Gasteiger partial charge is 0.472 e. The number of carbonyl (C=O) groups excluding carboxylic acids is 8. The van der Waals surface area contributed by atoms with Crippen molar-refractivity contribution in [1.29, 1.82) is 0 Å². The highest BCUT2D eigenvalue weighted by Crippen LogP contribution is 2.70. The maximum Gasteiger partial charge on any atom is 0.341 e. The summed E-state index contributed by atoms with van der Waals surface area (Å²) in [4.78, 5) is 113. The van der Waals surface area contributed by atoms with E-state index in [0.29, 0.717) is 0 Å². The van der Waals surface area contributed by atoms with Crippen molar-refractivity contribution < 1.29 is 90.5 Å². The second-order valence-corrected chi connectivity index (χ2v) is 16.1. The van der Waals surface area contributed by atoms with Gasteiger partial charge in [-0.2, -0.15) is 0 Å². The number of hydrogen-bond donors (Lipinski definition) is 1. The Balaban J connectivity index is 1.77. The predicted molar refractivity (Wildman–Crippen MR) is 197 cm³/mol. The maximum absolute atomic E-state index is 14.3. The lowest BCUT2D eigenvalue weighted by Crippen LogP contribution is -2.89. The molecule has 2 aliphatic carbocycles. The van der Waals surface area contributed by atoms with Crippen molar-refractivity contribution in [2.24, 2.45) is 17.3 Å². The number of ether oxygens (including phenoxy) is 9. The Morgan fingerprint density at radius 2 is 1.46 bits per heavy atom. The lowest BCUT2D eigenvalue weighted by atomic mass is 9.45. The van der Waals surface area contributed by atoms with E-state index in [1.54, 1.807) is 0 Å². The standard InChI is InChI=1S/C41H47NO19/c1-19-11-12-27-26(10-9-14-42-27)37(50)54-17-38(7)28-29(55-21(3)44)33(57-23(5)46)40(18-53-20(2)43)34(58-24(6)47)30(59-36(49)25-13-15-52-16-25)32(60-35(19)48)39(8,51)41(40,61-38)31(28)56-22(4)45/h9-10,13-16,19,28-34,51H,11-12,17-18H2,1-8H3/t19?,28-,29-,30+,31-,32+,33-,34+,38+,39+,40-,41+/m1/s1. The minimum Gasteiger partial charge on any atom is -0.472 e. The number of aliphatic hydroxyl groups is 1. The van der Waals surface area contributed by atoms with Gasteiger partial charge in [0.05, 0.1) is 34.9 Å². The number of fused-ring (bicyclic) bond motifs is 5. The third kappa shape index (κ3) is 7.59. The lowest BCUT2D eigenvalue weighted by molar-refractivity contribution is -0.386. The Morgan fingerprint density at radius 3 is 2.05 bits per heavy atom. The van der Waals surface area contributed by atoms with Gasteiger partial charge in [0.1, 0.15) is 48.3 Å². The summed E-state index contributed by atoms with van der Waals surface area (Å²) in [6, 6.07) is 4.17. The van der Waals surface area contributed by atoms with E-state index < -0.39 is 132 Å². The normalized spacial score (nSPS) is 35.4. The zero-order chi connectivity index (χ0) is 44.8. The monoisotopic (exact) mass is 857 g/mol. The van der Waals surface area contributed by atoms with E-state index >= 15 is 0 Å². The summed E-state index contributed by atoms with van der Waals surface area (Å²) in [6.07, 6.45) is -8.59. The predicted octanol–water partition coefficient (Wildman–Crippen LogP) is 1.75. The van der Waals surface area contributed by atoms with Crippen molar-refractivity contribution in [3.05, 3.63) is 53.7 Å². The fraction of sp³-hybridized carbons (Fsp3) is 0.585. The number of carbonyl (C=O) groups is 8. The number of rotatable bonds is 8. The molecular weight excluding hydrogens is 810 g/mol. The molecule has 1 spiro atoms. The molecule has 61 heavy (non-hydrogen) atoms. The number of esters is 8. The Morgan fingerprint density at radius 1 is 0.836 bits per heavy atom. The number of nitrogens with zero attached hydrogens (tertiary/aromatic N) is 1. The van der Waals surface area contributed by atoms with Gasteiger partial charge in [-0.25, -0.2) is 9.59 Å². The van der Waals surface area contributed by atoms with E-state index in [9.17, 15) is 43.5 Å². The molecule has 2 aromatic heterocycles. The molecule has 20 nitrogen and oxygen atoms in total. The second-order valence-electron chi connectivity index (χ2n) is 16.1. The van der Waals surface area contributed by atoms with E-state index in [0.717, 1.165) is 54.1 Å². The molecule has 0 aromatic carbocycles. The molecule has 20 heteroatoms. The molecule has 4 heterocycles. The fourth-order valence-electron chi connectivity index (χ4n) is 9.54. The van der Waals surface area contributed by atoms with Gasteiger partial charge in [0.2, 0.25) is 0 Å². The minimum absolute atomic E-state index is 0.0163. The average molecular weight is 858 g/mol. The topological polar surface area (TPSA) is 266 Å². The van der Waals surface area contributed by atoms with Crippen LogP contribution in [0.2, 0.25) is 0 Å². The molecule has 4 aliphatic rings. The van der Waals surface area contributed by atoms with Crippen LogP contribution >= 0.6 is 0 Å². The summed E-state index contributed by atoms with van der Waals surface area (Å²) in [5.41, 5.74) is -10.3. The first-order valence-corrected chi connectivity index (χ1v) is 19.4. The van der Waals surface area contributed by atoms with Crippen LogP contribution in [0.5, 0.6) is 0 Å². The van der Waals surface area contributed by atoms with Gasteiger partial charge >= 0.3 is 47.8 Å². The van der Waals surface area contributed by atoms with Crippen molar-refractivity contribution in [2.45, 2.75) is 122 Å². The van der Waals surface area contributed by atoms with Gasteiger partial charge in [0.25, 0.3) is 0 Å². The van der Waals surface area contributed by atoms with Gasteiger partial charge in [-0.3, -0.25) is 33.8 Å². The van der Waals surface area contributed by atoms with Crippen LogP contribution in [-0.2, 0) is 77.8 Å². The van der Waals surface area contributed by atoms with Crippen LogP contribution in [0.25, 0.3) is 0 Å². The molecule has 12 atom stereocenters. The van der Waals surface area contributed by atoms with E-state index in [1.165, 1.54) is 38.2 Å². The fourth-order valence-corrected chi connectivity index (χ4v) is 9.54. The number of hydrogen-bond acceptors (Lipinski definition) is 20. The van der Waals surface area contributed by atoms with E-state index in [1.807, 2.05) is 0 Å². The minimum atomic E-state index is -2.87. The molecule has 2 saturated carbocycles. The molecule has 0 radical (unpaired) electrons. The van der Waals surface area contributed by atoms with Crippen LogP contribution < -0.4 is 0 Å². The van der Waals surface area contributed by atoms with E-state index in [-0.39, 0.29) is 29.7 Å². The van der Waals surface area contributed by atoms with E-state index in [2.05, 4.69) is 4.98 Å². The third-order valence-corrected chi connectivity index (χ3v) is 11.8. The summed E-state index contributed by atoms with van der Waals surface area (Å²) in [5, 5.41) is 13.6. The molecule has 1 saturated heterocycles. The van der Waals surface area contributed by atoms with Crippen LogP contribution in [0.1, 0.15) is 88.2 Å². The van der Waals surface area contributed by atoms with Gasteiger partial charge in [0.15, 0.2) is 30.0 Å². The molecule has 2 aliphatic heterocycles. The molecule has 6 rings (SSSR count). The molecule has 2 aromatic rings. The molecule has 330 valence electrons. The molecule has 1 unspecified atom stereocenters. The van der Waals surface area contributed by atoms with Crippen LogP contribution in [0, 0.1) is 17.3 Å². The second kappa shape index (κ2) is 16.5. The zero-order valence-electron chi connectivity index (χ0n) is 34.7. The Bertz CT molecular complexity index is 2100. The first-order valence-electron chi connectivity index (χ1n) is 19.4. The van der Waals surface area contributed by atoms with Crippen molar-refractivity contribution in [1.82, 2.24) is 4.98 Å². The lowest BCUT2D eigenvalue weighted by Gasteiger charge is -2.67. The first kappa shape index (κ1) is 44.7. The van der Waals surface area contributed by atoms with Crippen LogP contribution in [0.4, 0.5) is 0 Å². The van der Waals surface area contributed by atoms with Crippen molar-refractivity contribution in [3.63, 3.8) is 0 Å². The smallest absolute Gasteiger partial charge is 0.341 e. The number of cyclic esters (lactones) is 1. The average Bonchev–Trinajstić information content (AvgIpc) is 3.79. The Kier molecular flexibility index (Phi) is 12.1. The van der Waals surface area contributed by atoms with Crippen molar-refractivity contribution in [2.75, 3.05) is 13.2 Å². The number of furan rings is 1. The van der Waals surface area contributed by atoms with Crippen LogP contribution in [0.15, 0.2) is 41.3 Å². The van der Waals surface area contributed by atoms with Crippen LogP contribution in [-0.4, -0.2) is 124 Å². The zero-order valence-corrected chi connectivity index (χ0v) is 34.7. The first-order chi connectivity index (χ1) is 28.6. The van der Waals surface area contributed by atoms with Crippen LogP contribution in [0.3, 0.4) is 0 Å². The summed E-state index contributed by atoms with van der Waals surface area (Å²) in [6.45, 7) is 7.05. The Hall–Kier alpha value is -5.89. The van der Waals surface area contributed by atoms with Gasteiger partial charge in [0, 0.05) is 40.8 Å². The molecular formula is C41H47NO19. The van der Waals surface area contributed by atoms with Gasteiger partial charge < -0.3 is 52.2 Å². The number of aryl methyl sites for hydroxylation is 1. The van der Waals surface area contributed by atoms with Gasteiger partial charge in [-0.05, 0) is 44.9 Å². The third-order valence-electron chi connectivity index (χ3n) is 11.8. The highest BCUT2D eigenvalue weighted by atomic mass is 16.7.